The number of benzene rings is 1. The van der Waals surface area contributed by atoms with Crippen LogP contribution in [0.2, 0.25) is 0 Å². The lowest BCUT2D eigenvalue weighted by molar-refractivity contribution is -0.141. The van der Waals surface area contributed by atoms with E-state index in [1.807, 2.05) is 0 Å². The molecule has 1 aliphatic heterocycles. The molecular formula is C18H26N2O3. The zero-order chi connectivity index (χ0) is 16.8. The van der Waals surface area contributed by atoms with Crippen molar-refractivity contribution in [1.29, 1.82) is 0 Å². The van der Waals surface area contributed by atoms with Crippen molar-refractivity contribution < 1.29 is 14.7 Å². The molecule has 1 aliphatic rings. The fourth-order valence-corrected chi connectivity index (χ4v) is 2.95. The van der Waals surface area contributed by atoms with Gasteiger partial charge in [-0.2, -0.15) is 0 Å². The van der Waals surface area contributed by atoms with Crippen LogP contribution in [0, 0.1) is 5.92 Å². The predicted molar refractivity (Wildman–Crippen MR) is 89.8 cm³/mol. The Bertz CT molecular complexity index is 557. The zero-order valence-corrected chi connectivity index (χ0v) is 13.9. The van der Waals surface area contributed by atoms with E-state index in [4.69, 9.17) is 0 Å². The van der Waals surface area contributed by atoms with Crippen LogP contribution in [0.3, 0.4) is 0 Å². The second-order valence-corrected chi connectivity index (χ2v) is 6.54. The number of nitrogens with one attached hydrogen (secondary N) is 1. The molecule has 5 nitrogen and oxygen atoms in total. The third-order valence-corrected chi connectivity index (χ3v) is 4.11. The first-order valence-corrected chi connectivity index (χ1v) is 8.31. The maximum Gasteiger partial charge on any atom is 0.247 e. The molecule has 1 unspecified atom stereocenters. The molecule has 2 N–H and O–H groups in total. The van der Waals surface area contributed by atoms with Gasteiger partial charge in [0.25, 0.3) is 0 Å². The number of carbonyl (C=O) groups is 2. The lowest BCUT2D eigenvalue weighted by atomic mass is 9.98. The van der Waals surface area contributed by atoms with E-state index in [-0.39, 0.29) is 18.4 Å². The lowest BCUT2D eigenvalue weighted by Crippen LogP contribution is -2.49. The molecule has 0 bridgehead atoms. The number of rotatable bonds is 6. The minimum Gasteiger partial charge on any atom is -0.392 e. The largest absolute Gasteiger partial charge is 0.392 e. The van der Waals surface area contributed by atoms with Crippen LogP contribution in [-0.4, -0.2) is 34.4 Å². The van der Waals surface area contributed by atoms with Gasteiger partial charge in [0.15, 0.2) is 0 Å². The van der Waals surface area contributed by atoms with Crippen LogP contribution in [-0.2, 0) is 16.2 Å². The fourth-order valence-electron chi connectivity index (χ4n) is 2.95. The van der Waals surface area contributed by atoms with Gasteiger partial charge in [0, 0.05) is 18.7 Å². The molecule has 1 aromatic carbocycles. The van der Waals surface area contributed by atoms with Crippen molar-refractivity contribution in [2.75, 3.05) is 11.9 Å². The van der Waals surface area contributed by atoms with E-state index in [0.717, 1.165) is 18.4 Å². The summed E-state index contributed by atoms with van der Waals surface area (Å²) < 4.78 is 0. The Morgan fingerprint density at radius 3 is 2.78 bits per heavy atom. The van der Waals surface area contributed by atoms with Gasteiger partial charge in [-0.1, -0.05) is 26.0 Å². The zero-order valence-electron chi connectivity index (χ0n) is 13.9. The Labute approximate surface area is 137 Å². The molecule has 126 valence electrons. The summed E-state index contributed by atoms with van der Waals surface area (Å²) in [6, 6.07) is 6.71. The van der Waals surface area contributed by atoms with Gasteiger partial charge in [0.2, 0.25) is 11.8 Å². The maximum absolute atomic E-state index is 12.7. The molecule has 0 spiro atoms. The highest BCUT2D eigenvalue weighted by atomic mass is 16.3. The molecule has 1 aromatic rings. The normalized spacial score (nSPS) is 16.5. The number of anilines is 1. The average molecular weight is 318 g/mol. The summed E-state index contributed by atoms with van der Waals surface area (Å²) >= 11 is 0. The number of carbonyl (C=O) groups excluding carboxylic acids is 2. The van der Waals surface area contributed by atoms with E-state index in [1.165, 1.54) is 0 Å². The highest BCUT2D eigenvalue weighted by molar-refractivity contribution is 5.97. The topological polar surface area (TPSA) is 69.6 Å². The number of likely N-dealkylation sites (tertiary alicyclic amines) is 1. The smallest absolute Gasteiger partial charge is 0.247 e. The van der Waals surface area contributed by atoms with Gasteiger partial charge in [-0.25, -0.2) is 0 Å². The van der Waals surface area contributed by atoms with Crippen LogP contribution in [0.1, 0.15) is 45.1 Å². The number of hydrogen-bond donors (Lipinski definition) is 2. The van der Waals surface area contributed by atoms with Crippen LogP contribution in [0.25, 0.3) is 0 Å². The molecule has 2 amide bonds. The Morgan fingerprint density at radius 1 is 1.35 bits per heavy atom. The van der Waals surface area contributed by atoms with E-state index < -0.39 is 6.04 Å². The van der Waals surface area contributed by atoms with E-state index >= 15 is 0 Å². The lowest BCUT2D eigenvalue weighted by Gasteiger charge is -2.34. The van der Waals surface area contributed by atoms with E-state index in [0.29, 0.717) is 31.0 Å². The first kappa shape index (κ1) is 17.5. The first-order chi connectivity index (χ1) is 11.0. The van der Waals surface area contributed by atoms with Crippen molar-refractivity contribution in [2.45, 2.75) is 52.2 Å². The Kier molecular flexibility index (Phi) is 6.16. The van der Waals surface area contributed by atoms with Crippen molar-refractivity contribution >= 4 is 17.5 Å². The van der Waals surface area contributed by atoms with Crippen LogP contribution in [0.4, 0.5) is 5.69 Å². The molecule has 2 rings (SSSR count). The van der Waals surface area contributed by atoms with Gasteiger partial charge in [-0.15, -0.1) is 0 Å². The highest BCUT2D eigenvalue weighted by Gasteiger charge is 2.31. The van der Waals surface area contributed by atoms with E-state index in [9.17, 15) is 14.7 Å². The molecule has 0 saturated carbocycles. The minimum atomic E-state index is -0.430. The molecule has 1 heterocycles. The van der Waals surface area contributed by atoms with Crippen LogP contribution in [0.15, 0.2) is 24.3 Å². The summed E-state index contributed by atoms with van der Waals surface area (Å²) in [5.74, 6) is 0.245. The molecule has 0 aliphatic carbocycles. The second kappa shape index (κ2) is 8.11. The summed E-state index contributed by atoms with van der Waals surface area (Å²) in [5, 5.41) is 12.1. The minimum absolute atomic E-state index is 0.0657. The van der Waals surface area contributed by atoms with E-state index in [1.54, 1.807) is 29.2 Å². The van der Waals surface area contributed by atoms with Crippen molar-refractivity contribution in [3.05, 3.63) is 29.8 Å². The number of piperidine rings is 1. The number of aliphatic hydroxyl groups is 1. The summed E-state index contributed by atoms with van der Waals surface area (Å²) in [7, 11) is 0. The quantitative estimate of drug-likeness (QED) is 0.847. The van der Waals surface area contributed by atoms with E-state index in [2.05, 4.69) is 19.2 Å². The molecule has 1 fully saturated rings. The SMILES string of the molecule is CC(C)CC(C(=O)Nc1cccc(CO)c1)N1CCCCC1=O. The standard InChI is InChI=1S/C18H26N2O3/c1-13(2)10-16(20-9-4-3-8-17(20)22)18(23)19-15-7-5-6-14(11-15)12-21/h5-7,11,13,16,21H,3-4,8-10,12H2,1-2H3,(H,19,23). The number of aliphatic hydroxyl groups excluding tert-OH is 1. The van der Waals surface area contributed by atoms with Crippen LogP contribution >= 0.6 is 0 Å². The highest BCUT2D eigenvalue weighted by Crippen LogP contribution is 2.21. The predicted octanol–water partition coefficient (Wildman–Crippen LogP) is 2.54. The summed E-state index contributed by atoms with van der Waals surface area (Å²) in [6.45, 7) is 4.70. The molecular weight excluding hydrogens is 292 g/mol. The summed E-state index contributed by atoms with van der Waals surface area (Å²) in [6.07, 6.45) is 3.04. The molecule has 5 heteroatoms. The first-order valence-electron chi connectivity index (χ1n) is 8.31. The maximum atomic E-state index is 12.7. The van der Waals surface area contributed by atoms with Crippen molar-refractivity contribution in [3.8, 4) is 0 Å². The van der Waals surface area contributed by atoms with Crippen molar-refractivity contribution in [3.63, 3.8) is 0 Å². The Balaban J connectivity index is 2.13. The number of nitrogens with zero attached hydrogens (tertiary/aromatic N) is 1. The molecule has 1 saturated heterocycles. The van der Waals surface area contributed by atoms with Crippen LogP contribution in [0.5, 0.6) is 0 Å². The average Bonchev–Trinajstić information content (AvgIpc) is 2.53. The van der Waals surface area contributed by atoms with Gasteiger partial charge in [-0.3, -0.25) is 9.59 Å². The van der Waals surface area contributed by atoms with Crippen molar-refractivity contribution in [2.24, 2.45) is 5.92 Å². The molecule has 23 heavy (non-hydrogen) atoms. The summed E-state index contributed by atoms with van der Waals surface area (Å²) in [5.41, 5.74) is 1.40. The Morgan fingerprint density at radius 2 is 2.13 bits per heavy atom. The molecule has 1 atom stereocenters. The number of hydrogen-bond acceptors (Lipinski definition) is 3. The second-order valence-electron chi connectivity index (χ2n) is 6.54. The fraction of sp³-hybridized carbons (Fsp3) is 0.556. The number of amides is 2. The molecule has 0 radical (unpaired) electrons. The van der Waals surface area contributed by atoms with Gasteiger partial charge in [0.05, 0.1) is 6.61 Å². The van der Waals surface area contributed by atoms with Crippen LogP contribution < -0.4 is 5.32 Å². The molecule has 0 aromatic heterocycles. The van der Waals surface area contributed by atoms with Gasteiger partial charge in [0.1, 0.15) is 6.04 Å². The Hall–Kier alpha value is -1.88. The van der Waals surface area contributed by atoms with Crippen molar-refractivity contribution in [1.82, 2.24) is 4.90 Å². The third kappa shape index (κ3) is 4.79. The van der Waals surface area contributed by atoms with Gasteiger partial charge in [-0.05, 0) is 42.9 Å². The van der Waals surface area contributed by atoms with Gasteiger partial charge >= 0.3 is 0 Å². The van der Waals surface area contributed by atoms with Gasteiger partial charge < -0.3 is 15.3 Å². The summed E-state index contributed by atoms with van der Waals surface area (Å²) in [4.78, 5) is 26.6. The third-order valence-electron chi connectivity index (χ3n) is 4.11. The monoisotopic (exact) mass is 318 g/mol.